The van der Waals surface area contributed by atoms with Crippen LogP contribution in [0, 0.1) is 5.92 Å². The monoisotopic (exact) mass is 465 g/mol. The SMILES string of the molecule is CC(=O)N1CCC(Cc2cc(C(=O)NC(C)C(O)CN3CCc4ccccc4C3)ncn2)CC1. The molecule has 2 aliphatic rings. The Morgan fingerprint density at radius 1 is 1.15 bits per heavy atom. The quantitative estimate of drug-likeness (QED) is 0.647. The number of carbonyl (C=O) groups excluding carboxylic acids is 2. The zero-order valence-electron chi connectivity index (χ0n) is 20.1. The number of hydrogen-bond donors (Lipinski definition) is 2. The molecule has 2 atom stereocenters. The Hall–Kier alpha value is -2.84. The molecule has 1 fully saturated rings. The highest BCUT2D eigenvalue weighted by Gasteiger charge is 2.24. The fourth-order valence-corrected chi connectivity index (χ4v) is 4.89. The van der Waals surface area contributed by atoms with Crippen LogP contribution in [0.5, 0.6) is 0 Å². The zero-order chi connectivity index (χ0) is 24.1. The number of aromatic nitrogens is 2. The molecule has 0 bridgehead atoms. The van der Waals surface area contributed by atoms with Gasteiger partial charge in [-0.05, 0) is 55.7 Å². The number of hydrogen-bond acceptors (Lipinski definition) is 6. The summed E-state index contributed by atoms with van der Waals surface area (Å²) < 4.78 is 0. The van der Waals surface area contributed by atoms with Gasteiger partial charge in [0.2, 0.25) is 5.91 Å². The lowest BCUT2D eigenvalue weighted by molar-refractivity contribution is -0.130. The van der Waals surface area contributed by atoms with Gasteiger partial charge in [0.05, 0.1) is 12.1 Å². The van der Waals surface area contributed by atoms with E-state index in [2.05, 4.69) is 38.4 Å². The fourth-order valence-electron chi connectivity index (χ4n) is 4.89. The Balaban J connectivity index is 1.27. The van der Waals surface area contributed by atoms with Crippen LogP contribution in [0.1, 0.15) is 54.0 Å². The Morgan fingerprint density at radius 2 is 1.88 bits per heavy atom. The number of β-amino-alcohol motifs (C(OH)–C–C–N with tert-alkyl or cyclic N) is 1. The van der Waals surface area contributed by atoms with Crippen LogP contribution < -0.4 is 5.32 Å². The first kappa shape index (κ1) is 24.3. The molecule has 1 aromatic carbocycles. The zero-order valence-corrected chi connectivity index (χ0v) is 20.1. The second kappa shape index (κ2) is 11.1. The van der Waals surface area contributed by atoms with Crippen LogP contribution in [0.15, 0.2) is 36.7 Å². The number of piperidine rings is 1. The lowest BCUT2D eigenvalue weighted by Gasteiger charge is -2.32. The van der Waals surface area contributed by atoms with Gasteiger partial charge in [-0.2, -0.15) is 0 Å². The third-order valence-corrected chi connectivity index (χ3v) is 7.10. The molecule has 0 aliphatic carbocycles. The topological polar surface area (TPSA) is 98.7 Å². The second-order valence-corrected chi connectivity index (χ2v) is 9.63. The molecule has 0 radical (unpaired) electrons. The van der Waals surface area contributed by atoms with Crippen molar-refractivity contribution in [3.63, 3.8) is 0 Å². The van der Waals surface area contributed by atoms with Crippen molar-refractivity contribution in [2.75, 3.05) is 26.2 Å². The number of fused-ring (bicyclic) bond motifs is 1. The normalized spacial score (nSPS) is 18.7. The molecule has 2 amide bonds. The predicted octanol–water partition coefficient (Wildman–Crippen LogP) is 1.82. The van der Waals surface area contributed by atoms with Crippen LogP contribution in [-0.4, -0.2) is 75.0 Å². The van der Waals surface area contributed by atoms with Gasteiger partial charge in [-0.15, -0.1) is 0 Å². The summed E-state index contributed by atoms with van der Waals surface area (Å²) in [7, 11) is 0. The summed E-state index contributed by atoms with van der Waals surface area (Å²) in [5.41, 5.74) is 3.83. The minimum Gasteiger partial charge on any atom is -0.390 e. The number of nitrogens with one attached hydrogen (secondary N) is 1. The van der Waals surface area contributed by atoms with Crippen molar-refractivity contribution >= 4 is 11.8 Å². The summed E-state index contributed by atoms with van der Waals surface area (Å²) in [6.45, 7) is 7.20. The molecule has 2 aromatic rings. The molecule has 8 nitrogen and oxygen atoms in total. The standard InChI is InChI=1S/C26H35N5O3/c1-18(25(33)16-30-10-9-21-5-3-4-6-22(21)15-30)29-26(34)24-14-23(27-17-28-24)13-20-7-11-31(12-8-20)19(2)32/h3-6,14,17-18,20,25,33H,7-13,15-16H2,1-2H3,(H,29,34). The van der Waals surface area contributed by atoms with Crippen LogP contribution >= 0.6 is 0 Å². The van der Waals surface area contributed by atoms with Crippen molar-refractivity contribution in [2.45, 2.75) is 58.2 Å². The number of amides is 2. The Kier molecular flexibility index (Phi) is 7.90. The van der Waals surface area contributed by atoms with E-state index in [0.717, 1.165) is 57.6 Å². The van der Waals surface area contributed by atoms with Gasteiger partial charge in [0.25, 0.3) is 5.91 Å². The maximum Gasteiger partial charge on any atom is 0.270 e. The van der Waals surface area contributed by atoms with Crippen LogP contribution in [0.25, 0.3) is 0 Å². The Labute approximate surface area is 201 Å². The highest BCUT2D eigenvalue weighted by Crippen LogP contribution is 2.21. The summed E-state index contributed by atoms with van der Waals surface area (Å²) in [5.74, 6) is 0.267. The summed E-state index contributed by atoms with van der Waals surface area (Å²) in [5, 5.41) is 13.6. The molecule has 0 spiro atoms. The molecule has 1 aromatic heterocycles. The van der Waals surface area contributed by atoms with E-state index in [4.69, 9.17) is 0 Å². The van der Waals surface area contributed by atoms with E-state index in [1.807, 2.05) is 17.9 Å². The van der Waals surface area contributed by atoms with Gasteiger partial charge in [0, 0.05) is 45.3 Å². The van der Waals surface area contributed by atoms with E-state index in [1.54, 1.807) is 13.0 Å². The maximum atomic E-state index is 12.8. The minimum absolute atomic E-state index is 0.126. The molecule has 2 aliphatic heterocycles. The highest BCUT2D eigenvalue weighted by molar-refractivity contribution is 5.92. The van der Waals surface area contributed by atoms with Crippen LogP contribution in [-0.2, 0) is 24.2 Å². The first-order valence-electron chi connectivity index (χ1n) is 12.2. The van der Waals surface area contributed by atoms with Crippen LogP contribution in [0.3, 0.4) is 0 Å². The smallest absolute Gasteiger partial charge is 0.270 e. The molecule has 2 N–H and O–H groups in total. The summed E-state index contributed by atoms with van der Waals surface area (Å²) >= 11 is 0. The number of nitrogens with zero attached hydrogens (tertiary/aromatic N) is 4. The number of carbonyl (C=O) groups is 2. The third-order valence-electron chi connectivity index (χ3n) is 7.10. The summed E-state index contributed by atoms with van der Waals surface area (Å²) in [6, 6.07) is 9.76. The van der Waals surface area contributed by atoms with Crippen molar-refractivity contribution in [2.24, 2.45) is 5.92 Å². The minimum atomic E-state index is -0.679. The van der Waals surface area contributed by atoms with Crippen LogP contribution in [0.4, 0.5) is 0 Å². The molecular weight excluding hydrogens is 430 g/mol. The van der Waals surface area contributed by atoms with Crippen molar-refractivity contribution in [3.05, 3.63) is 59.2 Å². The molecule has 1 saturated heterocycles. The number of rotatable bonds is 7. The first-order chi connectivity index (χ1) is 16.4. The molecule has 182 valence electrons. The number of likely N-dealkylation sites (tertiary alicyclic amines) is 1. The average Bonchev–Trinajstić information content (AvgIpc) is 2.84. The Bertz CT molecular complexity index is 1010. The Morgan fingerprint density at radius 3 is 2.62 bits per heavy atom. The van der Waals surface area contributed by atoms with Gasteiger partial charge >= 0.3 is 0 Å². The van der Waals surface area contributed by atoms with Crippen molar-refractivity contribution in [3.8, 4) is 0 Å². The fraction of sp³-hybridized carbons (Fsp3) is 0.538. The van der Waals surface area contributed by atoms with E-state index >= 15 is 0 Å². The lowest BCUT2D eigenvalue weighted by Crippen LogP contribution is -2.47. The molecule has 0 saturated carbocycles. The highest BCUT2D eigenvalue weighted by atomic mass is 16.3. The summed E-state index contributed by atoms with van der Waals surface area (Å²) in [4.78, 5) is 36.9. The van der Waals surface area contributed by atoms with E-state index < -0.39 is 12.1 Å². The third kappa shape index (κ3) is 6.18. The number of aliphatic hydroxyl groups is 1. The number of aliphatic hydroxyl groups excluding tert-OH is 1. The van der Waals surface area contributed by atoms with E-state index in [0.29, 0.717) is 18.2 Å². The van der Waals surface area contributed by atoms with Gasteiger partial charge in [-0.25, -0.2) is 9.97 Å². The predicted molar refractivity (Wildman–Crippen MR) is 129 cm³/mol. The molecular formula is C26H35N5O3. The van der Waals surface area contributed by atoms with Crippen molar-refractivity contribution in [1.82, 2.24) is 25.1 Å². The number of benzene rings is 1. The van der Waals surface area contributed by atoms with E-state index in [1.165, 1.54) is 17.5 Å². The molecule has 34 heavy (non-hydrogen) atoms. The summed E-state index contributed by atoms with van der Waals surface area (Å²) in [6.07, 6.45) is 4.37. The largest absolute Gasteiger partial charge is 0.390 e. The van der Waals surface area contributed by atoms with Crippen LogP contribution in [0.2, 0.25) is 0 Å². The van der Waals surface area contributed by atoms with Crippen molar-refractivity contribution in [1.29, 1.82) is 0 Å². The maximum absolute atomic E-state index is 12.8. The average molecular weight is 466 g/mol. The van der Waals surface area contributed by atoms with E-state index in [9.17, 15) is 14.7 Å². The van der Waals surface area contributed by atoms with Gasteiger partial charge < -0.3 is 15.3 Å². The van der Waals surface area contributed by atoms with Gasteiger partial charge in [-0.3, -0.25) is 14.5 Å². The van der Waals surface area contributed by atoms with Gasteiger partial charge in [-0.1, -0.05) is 24.3 Å². The van der Waals surface area contributed by atoms with Crippen molar-refractivity contribution < 1.29 is 14.7 Å². The van der Waals surface area contributed by atoms with Gasteiger partial charge in [0.15, 0.2) is 0 Å². The molecule has 4 rings (SSSR count). The molecule has 2 unspecified atom stereocenters. The molecule has 8 heteroatoms. The molecule has 3 heterocycles. The van der Waals surface area contributed by atoms with Gasteiger partial charge in [0.1, 0.15) is 12.0 Å². The second-order valence-electron chi connectivity index (χ2n) is 9.63. The lowest BCUT2D eigenvalue weighted by atomic mass is 9.92. The van der Waals surface area contributed by atoms with E-state index in [-0.39, 0.29) is 11.8 Å². The first-order valence-corrected chi connectivity index (χ1v) is 12.2.